The molecule has 25 heavy (non-hydrogen) atoms. The molecule has 2 rings (SSSR count). The molecule has 0 bridgehead atoms. The predicted octanol–water partition coefficient (Wildman–Crippen LogP) is 3.16. The summed E-state index contributed by atoms with van der Waals surface area (Å²) in [5.41, 5.74) is 0. The van der Waals surface area contributed by atoms with E-state index in [9.17, 15) is 4.39 Å². The summed E-state index contributed by atoms with van der Waals surface area (Å²) in [4.78, 5) is 10.1. The topological polar surface area (TPSA) is 58.5 Å². The number of aliphatic imine (C=N–C) groups is 1. The van der Waals surface area contributed by atoms with Crippen LogP contribution in [-0.4, -0.2) is 36.7 Å². The quantitative estimate of drug-likeness (QED) is 0.558. The van der Waals surface area contributed by atoms with Crippen molar-refractivity contribution in [1.82, 2.24) is 15.6 Å². The fourth-order valence-corrected chi connectivity index (χ4v) is 2.95. The van der Waals surface area contributed by atoms with Crippen LogP contribution in [0.1, 0.15) is 23.7 Å². The summed E-state index contributed by atoms with van der Waals surface area (Å²) in [5, 5.41) is 7.59. The average molecular weight is 364 g/mol. The summed E-state index contributed by atoms with van der Waals surface area (Å²) < 4.78 is 19.2. The summed E-state index contributed by atoms with van der Waals surface area (Å²) in [7, 11) is 0. The summed E-state index contributed by atoms with van der Waals surface area (Å²) in [6.07, 6.45) is 2.51. The number of halogens is 1. The van der Waals surface area contributed by atoms with Crippen molar-refractivity contribution in [3.8, 4) is 5.75 Å². The van der Waals surface area contributed by atoms with Crippen LogP contribution in [0.15, 0.2) is 35.5 Å². The number of hydrogen-bond acceptors (Lipinski definition) is 4. The number of ether oxygens (including phenoxy) is 1. The molecule has 0 amide bonds. The number of para-hydroxylation sites is 1. The molecule has 1 heterocycles. The Morgan fingerprint density at radius 3 is 2.84 bits per heavy atom. The molecule has 2 N–H and O–H groups in total. The third-order valence-electron chi connectivity index (χ3n) is 3.32. The van der Waals surface area contributed by atoms with Crippen molar-refractivity contribution in [1.29, 1.82) is 0 Å². The van der Waals surface area contributed by atoms with Crippen LogP contribution in [0.2, 0.25) is 0 Å². The molecule has 0 aliphatic rings. The molecule has 136 valence electrons. The van der Waals surface area contributed by atoms with Gasteiger partial charge in [-0.1, -0.05) is 12.1 Å². The van der Waals surface area contributed by atoms with Gasteiger partial charge in [-0.05, 0) is 32.9 Å². The first-order chi connectivity index (χ1) is 12.1. The van der Waals surface area contributed by atoms with Crippen LogP contribution >= 0.6 is 11.3 Å². The molecule has 5 nitrogen and oxygen atoms in total. The Hall–Kier alpha value is -2.15. The minimum absolute atomic E-state index is 0.228. The van der Waals surface area contributed by atoms with Crippen LogP contribution in [0.4, 0.5) is 4.39 Å². The maximum Gasteiger partial charge on any atom is 0.191 e. The molecule has 1 atom stereocenters. The van der Waals surface area contributed by atoms with E-state index in [2.05, 4.69) is 27.5 Å². The second-order valence-electron chi connectivity index (χ2n) is 5.62. The molecule has 1 aromatic carbocycles. The van der Waals surface area contributed by atoms with Gasteiger partial charge in [0.05, 0.1) is 11.6 Å². The van der Waals surface area contributed by atoms with Crippen molar-refractivity contribution in [2.24, 2.45) is 4.99 Å². The first kappa shape index (κ1) is 19.2. The number of aryl methyl sites for hydroxylation is 1. The van der Waals surface area contributed by atoms with Gasteiger partial charge < -0.3 is 15.4 Å². The van der Waals surface area contributed by atoms with Gasteiger partial charge in [0.1, 0.15) is 6.10 Å². The van der Waals surface area contributed by atoms with Crippen molar-refractivity contribution >= 4 is 17.3 Å². The molecule has 0 spiro atoms. The van der Waals surface area contributed by atoms with Crippen molar-refractivity contribution < 1.29 is 9.13 Å². The highest BCUT2D eigenvalue weighted by Crippen LogP contribution is 2.17. The van der Waals surface area contributed by atoms with Crippen LogP contribution in [0.5, 0.6) is 5.75 Å². The summed E-state index contributed by atoms with van der Waals surface area (Å²) in [6, 6.07) is 6.40. The van der Waals surface area contributed by atoms with Gasteiger partial charge in [0.15, 0.2) is 17.5 Å². The van der Waals surface area contributed by atoms with Crippen LogP contribution in [0, 0.1) is 12.7 Å². The molecule has 0 radical (unpaired) electrons. The number of thiazole rings is 1. The zero-order valence-corrected chi connectivity index (χ0v) is 15.7. The van der Waals surface area contributed by atoms with Gasteiger partial charge in [-0.25, -0.2) is 14.4 Å². The molecule has 0 fully saturated rings. The molecule has 2 aromatic rings. The lowest BCUT2D eigenvalue weighted by Gasteiger charge is -2.15. The highest BCUT2D eigenvalue weighted by Gasteiger charge is 2.08. The van der Waals surface area contributed by atoms with Crippen molar-refractivity contribution in [3.63, 3.8) is 0 Å². The number of guanidine groups is 1. The van der Waals surface area contributed by atoms with Crippen LogP contribution < -0.4 is 15.4 Å². The molecule has 0 aliphatic heterocycles. The van der Waals surface area contributed by atoms with E-state index in [4.69, 9.17) is 4.74 Å². The van der Waals surface area contributed by atoms with E-state index < -0.39 is 0 Å². The Kier molecular flexibility index (Phi) is 7.66. The number of nitrogens with zero attached hydrogens (tertiary/aromatic N) is 2. The van der Waals surface area contributed by atoms with Crippen molar-refractivity contribution in [2.45, 2.75) is 33.3 Å². The maximum absolute atomic E-state index is 13.6. The Bertz CT molecular complexity index is 689. The van der Waals surface area contributed by atoms with Crippen molar-refractivity contribution in [2.75, 3.05) is 19.6 Å². The number of hydrogen-bond donors (Lipinski definition) is 2. The van der Waals surface area contributed by atoms with E-state index in [0.717, 1.165) is 30.5 Å². The SMILES string of the molecule is CCNC(=NCC(C)Oc1ccccc1F)NCCc1ncc(C)s1. The van der Waals surface area contributed by atoms with E-state index >= 15 is 0 Å². The average Bonchev–Trinajstić information content (AvgIpc) is 3.00. The van der Waals surface area contributed by atoms with Gasteiger partial charge >= 0.3 is 0 Å². The van der Waals surface area contributed by atoms with E-state index in [1.165, 1.54) is 10.9 Å². The largest absolute Gasteiger partial charge is 0.486 e. The first-order valence-electron chi connectivity index (χ1n) is 8.43. The van der Waals surface area contributed by atoms with Gasteiger partial charge in [0.2, 0.25) is 0 Å². The minimum atomic E-state index is -0.359. The summed E-state index contributed by atoms with van der Waals surface area (Å²) in [5.74, 6) is 0.615. The molecule has 1 unspecified atom stereocenters. The lowest BCUT2D eigenvalue weighted by molar-refractivity contribution is 0.220. The van der Waals surface area contributed by atoms with Crippen LogP contribution in [-0.2, 0) is 6.42 Å². The summed E-state index contributed by atoms with van der Waals surface area (Å²) in [6.45, 7) is 7.89. The maximum atomic E-state index is 13.6. The smallest absolute Gasteiger partial charge is 0.191 e. The molecular weight excluding hydrogens is 339 g/mol. The minimum Gasteiger partial charge on any atom is -0.486 e. The van der Waals surface area contributed by atoms with Crippen molar-refractivity contribution in [3.05, 3.63) is 46.2 Å². The third-order valence-corrected chi connectivity index (χ3v) is 4.29. The molecule has 1 aromatic heterocycles. The van der Waals surface area contributed by atoms with Gasteiger partial charge in [0.25, 0.3) is 0 Å². The van der Waals surface area contributed by atoms with E-state index in [0.29, 0.717) is 6.54 Å². The molecule has 7 heteroatoms. The lowest BCUT2D eigenvalue weighted by atomic mass is 10.3. The highest BCUT2D eigenvalue weighted by atomic mass is 32.1. The monoisotopic (exact) mass is 364 g/mol. The fraction of sp³-hybridized carbons (Fsp3) is 0.444. The fourth-order valence-electron chi connectivity index (χ4n) is 2.16. The van der Waals surface area contributed by atoms with E-state index in [-0.39, 0.29) is 17.7 Å². The normalized spacial score (nSPS) is 12.7. The zero-order chi connectivity index (χ0) is 18.1. The Labute approximate surface area is 152 Å². The number of benzene rings is 1. The van der Waals surface area contributed by atoms with Gasteiger partial charge in [-0.15, -0.1) is 11.3 Å². The second-order valence-corrected chi connectivity index (χ2v) is 6.94. The summed E-state index contributed by atoms with van der Waals surface area (Å²) >= 11 is 1.71. The standard InChI is InChI=1S/C18H25FN4OS/c1-4-20-18(21-10-9-17-22-12-14(3)25-17)23-11-13(2)24-16-8-6-5-7-15(16)19/h5-8,12-13H,4,9-11H2,1-3H3,(H2,20,21,23). The van der Waals surface area contributed by atoms with E-state index in [1.807, 2.05) is 20.0 Å². The third kappa shape index (κ3) is 6.70. The number of aromatic nitrogens is 1. The van der Waals surface area contributed by atoms with Gasteiger partial charge in [0, 0.05) is 30.6 Å². The zero-order valence-electron chi connectivity index (χ0n) is 14.9. The van der Waals surface area contributed by atoms with Crippen LogP contribution in [0.25, 0.3) is 0 Å². The van der Waals surface area contributed by atoms with Gasteiger partial charge in [-0.2, -0.15) is 0 Å². The number of nitrogens with one attached hydrogen (secondary N) is 2. The van der Waals surface area contributed by atoms with Crippen LogP contribution in [0.3, 0.4) is 0 Å². The lowest BCUT2D eigenvalue weighted by Crippen LogP contribution is -2.39. The molecule has 0 aliphatic carbocycles. The Morgan fingerprint density at radius 1 is 1.36 bits per heavy atom. The number of rotatable bonds is 8. The van der Waals surface area contributed by atoms with E-state index in [1.54, 1.807) is 29.5 Å². The Morgan fingerprint density at radius 2 is 2.16 bits per heavy atom. The molecule has 0 saturated heterocycles. The highest BCUT2D eigenvalue weighted by molar-refractivity contribution is 7.11. The Balaban J connectivity index is 1.82. The first-order valence-corrected chi connectivity index (χ1v) is 9.24. The predicted molar refractivity (Wildman–Crippen MR) is 101 cm³/mol. The molecule has 0 saturated carbocycles. The molecular formula is C18H25FN4OS. The second kappa shape index (κ2) is 9.98. The van der Waals surface area contributed by atoms with Gasteiger partial charge in [-0.3, -0.25) is 0 Å².